The summed E-state index contributed by atoms with van der Waals surface area (Å²) in [6, 6.07) is 13.9. The minimum Gasteiger partial charge on any atom is -0.493 e. The number of nitrogens with zero attached hydrogens (tertiary/aromatic N) is 4. The molecule has 3 N–H and O–H groups in total. The Labute approximate surface area is 278 Å². The van der Waals surface area contributed by atoms with Gasteiger partial charge in [-0.2, -0.15) is 5.11 Å². The number of carbonyl (C=O) groups is 2. The SMILES string of the molecule is CCCCCCN(CC(CC)C(N)CCC)C(=O)c1cccc(/N=N/c2c(C)c(C(=O)OCC)c(=O)n(-c3ccccc3C)c2O)c1. The predicted molar refractivity (Wildman–Crippen MR) is 186 cm³/mol. The first-order valence-corrected chi connectivity index (χ1v) is 16.9. The summed E-state index contributed by atoms with van der Waals surface area (Å²) < 4.78 is 6.23. The van der Waals surface area contributed by atoms with Crippen molar-refractivity contribution in [2.75, 3.05) is 19.7 Å². The number of benzene rings is 2. The molecule has 0 aliphatic rings. The van der Waals surface area contributed by atoms with Gasteiger partial charge in [-0.1, -0.05) is 77.1 Å². The van der Waals surface area contributed by atoms with Crippen LogP contribution in [0.1, 0.15) is 104 Å². The Hall–Kier alpha value is -4.31. The standard InChI is InChI=1S/C37H51N5O5/c1-7-11-12-15-22-41(24-27(9-3)30(38)17-8-2)34(43)28-19-16-20-29(23-28)39-40-33-26(6)32(37(46)47-10-4)35(44)42(36(33)45)31-21-14-13-18-25(31)5/h13-14,16,18-21,23,27,30,45H,7-12,15,17,22,24,38H2,1-6H3/b40-39+. The lowest BCUT2D eigenvalue weighted by molar-refractivity contribution is 0.0522. The molecule has 10 nitrogen and oxygen atoms in total. The largest absolute Gasteiger partial charge is 0.493 e. The Kier molecular flexibility index (Phi) is 14.3. The average Bonchev–Trinajstić information content (AvgIpc) is 3.05. The third-order valence-electron chi connectivity index (χ3n) is 8.54. The quantitative estimate of drug-likeness (QED) is 0.0868. The van der Waals surface area contributed by atoms with E-state index < -0.39 is 17.4 Å². The molecule has 0 saturated heterocycles. The molecule has 3 rings (SSSR count). The molecule has 47 heavy (non-hydrogen) atoms. The number of aryl methyl sites for hydroxylation is 1. The summed E-state index contributed by atoms with van der Waals surface area (Å²) in [5.74, 6) is -1.18. The number of azo groups is 1. The van der Waals surface area contributed by atoms with Gasteiger partial charge in [0.15, 0.2) is 5.69 Å². The van der Waals surface area contributed by atoms with Crippen LogP contribution in [0.3, 0.4) is 0 Å². The number of carbonyl (C=O) groups excluding carboxylic acids is 2. The van der Waals surface area contributed by atoms with Gasteiger partial charge in [-0.3, -0.25) is 9.59 Å². The van der Waals surface area contributed by atoms with Crippen LogP contribution in [0.25, 0.3) is 5.69 Å². The molecule has 0 saturated carbocycles. The smallest absolute Gasteiger partial charge is 0.344 e. The van der Waals surface area contributed by atoms with E-state index in [4.69, 9.17) is 10.5 Å². The normalized spacial score (nSPS) is 12.7. The van der Waals surface area contributed by atoms with E-state index in [-0.39, 0.29) is 41.3 Å². The highest BCUT2D eigenvalue weighted by atomic mass is 16.5. The Morgan fingerprint density at radius 2 is 1.72 bits per heavy atom. The number of aromatic hydroxyl groups is 1. The van der Waals surface area contributed by atoms with E-state index in [1.54, 1.807) is 56.3 Å². The number of amides is 1. The molecule has 0 aliphatic heterocycles. The van der Waals surface area contributed by atoms with Crippen molar-refractivity contribution >= 4 is 23.3 Å². The molecule has 1 aromatic heterocycles. The first kappa shape index (κ1) is 37.2. The van der Waals surface area contributed by atoms with Gasteiger partial charge in [-0.25, -0.2) is 9.36 Å². The average molecular weight is 646 g/mol. The second-order valence-corrected chi connectivity index (χ2v) is 12.0. The van der Waals surface area contributed by atoms with Gasteiger partial charge in [0, 0.05) is 30.3 Å². The highest BCUT2D eigenvalue weighted by Crippen LogP contribution is 2.35. The number of rotatable bonds is 17. The van der Waals surface area contributed by atoms with E-state index in [9.17, 15) is 19.5 Å². The van der Waals surface area contributed by atoms with E-state index in [1.807, 2.05) is 11.0 Å². The molecule has 0 bridgehead atoms. The van der Waals surface area contributed by atoms with Crippen LogP contribution in [0.4, 0.5) is 11.4 Å². The lowest BCUT2D eigenvalue weighted by atomic mass is 9.93. The number of unbranched alkanes of at least 4 members (excludes halogenated alkanes) is 3. The second-order valence-electron chi connectivity index (χ2n) is 12.0. The van der Waals surface area contributed by atoms with Gasteiger partial charge in [0.2, 0.25) is 5.88 Å². The molecular formula is C37H51N5O5. The van der Waals surface area contributed by atoms with Gasteiger partial charge in [-0.05, 0) is 69.4 Å². The fourth-order valence-corrected chi connectivity index (χ4v) is 5.78. The predicted octanol–water partition coefficient (Wildman–Crippen LogP) is 7.93. The second kappa shape index (κ2) is 18.1. The number of pyridine rings is 1. The van der Waals surface area contributed by atoms with Crippen molar-refractivity contribution in [3.63, 3.8) is 0 Å². The molecule has 10 heteroatoms. The van der Waals surface area contributed by atoms with Crippen LogP contribution in [0.5, 0.6) is 5.88 Å². The first-order valence-electron chi connectivity index (χ1n) is 16.9. The van der Waals surface area contributed by atoms with Crippen molar-refractivity contribution in [2.24, 2.45) is 21.9 Å². The Morgan fingerprint density at radius 1 is 0.979 bits per heavy atom. The maximum Gasteiger partial charge on any atom is 0.344 e. The molecule has 0 spiro atoms. The van der Waals surface area contributed by atoms with Crippen LogP contribution in [0.2, 0.25) is 0 Å². The molecule has 2 atom stereocenters. The molecule has 2 aromatic carbocycles. The van der Waals surface area contributed by atoms with Crippen LogP contribution < -0.4 is 11.3 Å². The number of aromatic nitrogens is 1. The van der Waals surface area contributed by atoms with Crippen molar-refractivity contribution in [1.82, 2.24) is 9.47 Å². The first-order chi connectivity index (χ1) is 22.6. The zero-order valence-corrected chi connectivity index (χ0v) is 28.8. The summed E-state index contributed by atoms with van der Waals surface area (Å²) in [4.78, 5) is 42.3. The van der Waals surface area contributed by atoms with E-state index in [0.717, 1.165) is 49.5 Å². The minimum atomic E-state index is -0.815. The zero-order valence-electron chi connectivity index (χ0n) is 28.8. The van der Waals surface area contributed by atoms with Crippen molar-refractivity contribution in [3.8, 4) is 11.6 Å². The summed E-state index contributed by atoms with van der Waals surface area (Å²) >= 11 is 0. The van der Waals surface area contributed by atoms with Gasteiger partial charge in [0.05, 0.1) is 18.0 Å². The van der Waals surface area contributed by atoms with Gasteiger partial charge in [0.25, 0.3) is 11.5 Å². The van der Waals surface area contributed by atoms with Crippen LogP contribution in [0.15, 0.2) is 63.6 Å². The van der Waals surface area contributed by atoms with E-state index in [0.29, 0.717) is 35.6 Å². The number of hydrogen-bond acceptors (Lipinski definition) is 8. The highest BCUT2D eigenvalue weighted by Gasteiger charge is 2.27. The Bertz CT molecular complexity index is 1600. The van der Waals surface area contributed by atoms with Crippen molar-refractivity contribution in [2.45, 2.75) is 92.5 Å². The highest BCUT2D eigenvalue weighted by molar-refractivity contribution is 5.95. The topological polar surface area (TPSA) is 140 Å². The van der Waals surface area contributed by atoms with Crippen LogP contribution in [0, 0.1) is 19.8 Å². The Balaban J connectivity index is 2.03. The molecule has 1 amide bonds. The molecule has 1 heterocycles. The van der Waals surface area contributed by atoms with Gasteiger partial charge in [0.1, 0.15) is 5.56 Å². The van der Waals surface area contributed by atoms with E-state index in [1.165, 1.54) is 6.92 Å². The maximum absolute atomic E-state index is 13.9. The Morgan fingerprint density at radius 3 is 2.38 bits per heavy atom. The lowest BCUT2D eigenvalue weighted by Crippen LogP contribution is -2.42. The van der Waals surface area contributed by atoms with Crippen molar-refractivity contribution < 1.29 is 19.4 Å². The van der Waals surface area contributed by atoms with Gasteiger partial charge in [-0.15, -0.1) is 5.11 Å². The van der Waals surface area contributed by atoms with Crippen molar-refractivity contribution in [1.29, 1.82) is 0 Å². The molecular weight excluding hydrogens is 594 g/mol. The lowest BCUT2D eigenvalue weighted by Gasteiger charge is -2.30. The molecule has 2 unspecified atom stereocenters. The third-order valence-corrected chi connectivity index (χ3v) is 8.54. The number of nitrogens with two attached hydrogens (primary N) is 1. The fourth-order valence-electron chi connectivity index (χ4n) is 5.78. The summed E-state index contributed by atoms with van der Waals surface area (Å²) in [7, 11) is 0. The van der Waals surface area contributed by atoms with Gasteiger partial charge < -0.3 is 20.5 Å². The van der Waals surface area contributed by atoms with E-state index in [2.05, 4.69) is 31.0 Å². The monoisotopic (exact) mass is 645 g/mol. The van der Waals surface area contributed by atoms with Crippen LogP contribution in [-0.2, 0) is 4.74 Å². The van der Waals surface area contributed by atoms with Gasteiger partial charge >= 0.3 is 5.97 Å². The third kappa shape index (κ3) is 9.38. The summed E-state index contributed by atoms with van der Waals surface area (Å²) in [6.45, 7) is 12.7. The summed E-state index contributed by atoms with van der Waals surface area (Å²) in [5, 5.41) is 20.0. The molecule has 0 aliphatic carbocycles. The molecule has 254 valence electrons. The molecule has 0 fully saturated rings. The summed E-state index contributed by atoms with van der Waals surface area (Å²) in [5.41, 5.74) is 7.59. The van der Waals surface area contributed by atoms with Crippen molar-refractivity contribution in [3.05, 3.63) is 81.1 Å². The number of ether oxygens (including phenoxy) is 1. The molecule has 0 radical (unpaired) electrons. The van der Waals surface area contributed by atoms with Crippen LogP contribution in [-0.4, -0.2) is 52.2 Å². The number of esters is 1. The number of para-hydroxylation sites is 1. The van der Waals surface area contributed by atoms with Crippen LogP contribution >= 0.6 is 0 Å². The number of hydrogen-bond donors (Lipinski definition) is 2. The summed E-state index contributed by atoms with van der Waals surface area (Å²) in [6.07, 6.45) is 6.98. The fraction of sp³-hybridized carbons (Fsp3) is 0.486. The zero-order chi connectivity index (χ0) is 34.5. The maximum atomic E-state index is 13.9. The molecule has 3 aromatic rings. The van der Waals surface area contributed by atoms with E-state index >= 15 is 0 Å². The minimum absolute atomic E-state index is 0.0226.